The van der Waals surface area contributed by atoms with E-state index in [9.17, 15) is 0 Å². The summed E-state index contributed by atoms with van der Waals surface area (Å²) in [6.07, 6.45) is 5.38. The van der Waals surface area contributed by atoms with Crippen molar-refractivity contribution in [3.63, 3.8) is 0 Å². The Bertz CT molecular complexity index is 406. The second-order valence-corrected chi connectivity index (χ2v) is 7.50. The van der Waals surface area contributed by atoms with Gasteiger partial charge in [-0.15, -0.1) is 11.3 Å². The van der Waals surface area contributed by atoms with Crippen LogP contribution in [0.4, 0.5) is 0 Å². The second kappa shape index (κ2) is 5.12. The van der Waals surface area contributed by atoms with Crippen LogP contribution in [0.25, 0.3) is 0 Å². The summed E-state index contributed by atoms with van der Waals surface area (Å²) in [6.45, 7) is 2.25. The fraction of sp³-hybridized carbons (Fsp3) is 0.714. The smallest absolute Gasteiger partial charge is 0.0931 e. The lowest BCUT2D eigenvalue weighted by Crippen LogP contribution is -2.47. The fourth-order valence-corrected chi connectivity index (χ4v) is 4.62. The quantitative estimate of drug-likeness (QED) is 0.911. The molecule has 18 heavy (non-hydrogen) atoms. The van der Waals surface area contributed by atoms with Gasteiger partial charge in [0, 0.05) is 29.0 Å². The van der Waals surface area contributed by atoms with Gasteiger partial charge in [-0.3, -0.25) is 0 Å². The molecule has 3 rings (SSSR count). The molecule has 0 amide bonds. The summed E-state index contributed by atoms with van der Waals surface area (Å²) in [4.78, 5) is 3.94. The van der Waals surface area contributed by atoms with Crippen molar-refractivity contribution in [2.75, 3.05) is 7.05 Å². The van der Waals surface area contributed by atoms with E-state index < -0.39 is 0 Å². The van der Waals surface area contributed by atoms with Gasteiger partial charge in [0.1, 0.15) is 0 Å². The van der Waals surface area contributed by atoms with Crippen molar-refractivity contribution in [3.8, 4) is 0 Å². The first-order chi connectivity index (χ1) is 8.63. The van der Waals surface area contributed by atoms with Crippen molar-refractivity contribution < 1.29 is 0 Å². The van der Waals surface area contributed by atoms with E-state index in [1.165, 1.54) is 30.6 Å². The van der Waals surface area contributed by atoms with E-state index in [2.05, 4.69) is 30.3 Å². The van der Waals surface area contributed by atoms with Crippen LogP contribution in [0.2, 0.25) is 4.34 Å². The van der Waals surface area contributed by atoms with Gasteiger partial charge in [-0.1, -0.05) is 11.6 Å². The van der Waals surface area contributed by atoms with Gasteiger partial charge in [-0.05, 0) is 51.8 Å². The summed E-state index contributed by atoms with van der Waals surface area (Å²) in [6, 6.07) is 6.86. The predicted molar refractivity (Wildman–Crippen MR) is 78.5 cm³/mol. The van der Waals surface area contributed by atoms with Gasteiger partial charge in [0.05, 0.1) is 4.34 Å². The van der Waals surface area contributed by atoms with E-state index in [0.29, 0.717) is 12.1 Å². The van der Waals surface area contributed by atoms with Gasteiger partial charge in [0.15, 0.2) is 0 Å². The minimum Gasteiger partial charge on any atom is -0.307 e. The molecule has 0 aromatic carbocycles. The third kappa shape index (κ3) is 2.46. The maximum absolute atomic E-state index is 6.01. The molecule has 1 aromatic rings. The third-order valence-corrected chi connectivity index (χ3v) is 6.02. The number of fused-ring (bicyclic) bond motifs is 2. The maximum Gasteiger partial charge on any atom is 0.0931 e. The van der Waals surface area contributed by atoms with E-state index in [4.69, 9.17) is 11.6 Å². The molecule has 4 heteroatoms. The highest BCUT2D eigenvalue weighted by Gasteiger charge is 2.38. The first kappa shape index (κ1) is 12.9. The number of hydrogen-bond donors (Lipinski definition) is 1. The van der Waals surface area contributed by atoms with Gasteiger partial charge in [0.25, 0.3) is 0 Å². The third-order valence-electron chi connectivity index (χ3n) is 4.60. The standard InChI is InChI=1S/C14H21ClN2S/c1-9(13-5-6-14(15)18-13)16-10-7-11-3-4-12(8-10)17(11)2/h5-6,9-12,16H,3-4,7-8H2,1-2H3. The monoisotopic (exact) mass is 284 g/mol. The molecule has 2 fully saturated rings. The van der Waals surface area contributed by atoms with Gasteiger partial charge in [-0.25, -0.2) is 0 Å². The number of piperidine rings is 1. The molecule has 3 heterocycles. The van der Waals surface area contributed by atoms with Crippen LogP contribution in [0.1, 0.15) is 43.5 Å². The Kier molecular flexibility index (Phi) is 3.68. The predicted octanol–water partition coefficient (Wildman–Crippen LogP) is 3.68. The Balaban J connectivity index is 1.61. The largest absolute Gasteiger partial charge is 0.307 e. The highest BCUT2D eigenvalue weighted by molar-refractivity contribution is 7.16. The van der Waals surface area contributed by atoms with E-state index in [1.54, 1.807) is 11.3 Å². The summed E-state index contributed by atoms with van der Waals surface area (Å²) in [5, 5.41) is 3.79. The average molecular weight is 285 g/mol. The van der Waals surface area contributed by atoms with Crippen LogP contribution in [-0.2, 0) is 0 Å². The van der Waals surface area contributed by atoms with Gasteiger partial charge in [0.2, 0.25) is 0 Å². The molecule has 2 aliphatic rings. The molecule has 3 atom stereocenters. The number of hydrogen-bond acceptors (Lipinski definition) is 3. The molecular formula is C14H21ClN2S. The van der Waals surface area contributed by atoms with E-state index >= 15 is 0 Å². The van der Waals surface area contributed by atoms with Crippen LogP contribution in [0.5, 0.6) is 0 Å². The summed E-state index contributed by atoms with van der Waals surface area (Å²) in [5.41, 5.74) is 0. The average Bonchev–Trinajstić information content (AvgIpc) is 2.82. The van der Waals surface area contributed by atoms with Crippen molar-refractivity contribution in [1.82, 2.24) is 10.2 Å². The highest BCUT2D eigenvalue weighted by atomic mass is 35.5. The minimum absolute atomic E-state index is 0.426. The number of thiophene rings is 1. The molecule has 0 radical (unpaired) electrons. The van der Waals surface area contributed by atoms with Crippen LogP contribution in [0.15, 0.2) is 12.1 Å². The summed E-state index contributed by atoms with van der Waals surface area (Å²) in [7, 11) is 2.29. The lowest BCUT2D eigenvalue weighted by Gasteiger charge is -2.37. The number of halogens is 1. The lowest BCUT2D eigenvalue weighted by molar-refractivity contribution is 0.144. The van der Waals surface area contributed by atoms with Crippen LogP contribution in [0, 0.1) is 0 Å². The van der Waals surface area contributed by atoms with Gasteiger partial charge < -0.3 is 10.2 Å². The topological polar surface area (TPSA) is 15.3 Å². The maximum atomic E-state index is 6.01. The normalized spacial score (nSPS) is 33.8. The van der Waals surface area contributed by atoms with Crippen LogP contribution >= 0.6 is 22.9 Å². The zero-order valence-corrected chi connectivity index (χ0v) is 12.6. The van der Waals surface area contributed by atoms with Crippen molar-refractivity contribution in [2.24, 2.45) is 0 Å². The van der Waals surface area contributed by atoms with Gasteiger partial charge >= 0.3 is 0 Å². The molecule has 1 aromatic heterocycles. The molecule has 0 aliphatic carbocycles. The van der Waals surface area contributed by atoms with Crippen molar-refractivity contribution in [2.45, 2.75) is 56.8 Å². The molecule has 2 saturated heterocycles. The first-order valence-electron chi connectivity index (χ1n) is 6.86. The summed E-state index contributed by atoms with van der Waals surface area (Å²) in [5.74, 6) is 0. The molecule has 0 spiro atoms. The van der Waals surface area contributed by atoms with Crippen molar-refractivity contribution >= 4 is 22.9 Å². The van der Waals surface area contributed by atoms with E-state index in [-0.39, 0.29) is 0 Å². The summed E-state index contributed by atoms with van der Waals surface area (Å²) < 4.78 is 0.891. The first-order valence-corrected chi connectivity index (χ1v) is 8.06. The molecule has 2 bridgehead atoms. The van der Waals surface area contributed by atoms with Crippen LogP contribution < -0.4 is 5.32 Å². The Morgan fingerprint density at radius 1 is 1.33 bits per heavy atom. The molecule has 0 saturated carbocycles. The molecular weight excluding hydrogens is 264 g/mol. The molecule has 3 unspecified atom stereocenters. The summed E-state index contributed by atoms with van der Waals surface area (Å²) >= 11 is 7.70. The molecule has 1 N–H and O–H groups in total. The Labute approximate surface area is 118 Å². The Morgan fingerprint density at radius 3 is 2.56 bits per heavy atom. The zero-order chi connectivity index (χ0) is 12.7. The fourth-order valence-electron chi connectivity index (χ4n) is 3.54. The zero-order valence-electron chi connectivity index (χ0n) is 11.0. The minimum atomic E-state index is 0.426. The van der Waals surface area contributed by atoms with E-state index in [1.807, 2.05) is 6.07 Å². The van der Waals surface area contributed by atoms with Crippen molar-refractivity contribution in [1.29, 1.82) is 0 Å². The van der Waals surface area contributed by atoms with Gasteiger partial charge in [-0.2, -0.15) is 0 Å². The lowest BCUT2D eigenvalue weighted by atomic mass is 9.97. The Morgan fingerprint density at radius 2 is 2.00 bits per heavy atom. The van der Waals surface area contributed by atoms with Crippen LogP contribution in [0.3, 0.4) is 0 Å². The highest BCUT2D eigenvalue weighted by Crippen LogP contribution is 2.35. The van der Waals surface area contributed by atoms with Crippen LogP contribution in [-0.4, -0.2) is 30.1 Å². The molecule has 2 nitrogen and oxygen atoms in total. The van der Waals surface area contributed by atoms with E-state index in [0.717, 1.165) is 16.4 Å². The van der Waals surface area contributed by atoms with Crippen molar-refractivity contribution in [3.05, 3.63) is 21.3 Å². The number of rotatable bonds is 3. The SMILES string of the molecule is CC(NC1CC2CCC(C1)N2C)c1ccc(Cl)s1. The number of nitrogens with one attached hydrogen (secondary N) is 1. The number of nitrogens with zero attached hydrogens (tertiary/aromatic N) is 1. The molecule has 2 aliphatic heterocycles. The Hall–Kier alpha value is -0.0900. The molecule has 100 valence electrons. The second-order valence-electron chi connectivity index (χ2n) is 5.75.